The zero-order valence-corrected chi connectivity index (χ0v) is 12.0. The number of nitrogens with zero attached hydrogens (tertiary/aromatic N) is 1. The van der Waals surface area contributed by atoms with E-state index in [4.69, 9.17) is 5.11 Å². The molecule has 0 atom stereocenters. The highest BCUT2D eigenvalue weighted by molar-refractivity contribution is 9.10. The molecule has 0 aliphatic heterocycles. The first-order valence-electron chi connectivity index (χ1n) is 5.56. The van der Waals surface area contributed by atoms with Crippen molar-refractivity contribution in [3.05, 3.63) is 34.3 Å². The number of hydrogen-bond donors (Lipinski definition) is 1. The average Bonchev–Trinajstić information content (AvgIpc) is 2.15. The van der Waals surface area contributed by atoms with Crippen molar-refractivity contribution in [2.75, 3.05) is 6.54 Å². The predicted molar refractivity (Wildman–Crippen MR) is 72.3 cm³/mol. The van der Waals surface area contributed by atoms with Crippen molar-refractivity contribution in [2.45, 2.75) is 32.7 Å². The molecule has 1 aromatic rings. The van der Waals surface area contributed by atoms with Crippen LogP contribution in [0.25, 0.3) is 0 Å². The molecule has 1 aromatic carbocycles. The lowest BCUT2D eigenvalue weighted by atomic mass is 10.1. The van der Waals surface area contributed by atoms with Crippen LogP contribution >= 0.6 is 15.9 Å². The lowest BCUT2D eigenvalue weighted by Gasteiger charge is -2.33. The van der Waals surface area contributed by atoms with Crippen LogP contribution in [-0.4, -0.2) is 28.2 Å². The van der Waals surface area contributed by atoms with Crippen molar-refractivity contribution >= 4 is 22.0 Å². The van der Waals surface area contributed by atoms with Gasteiger partial charge in [-0.2, -0.15) is 0 Å². The number of benzene rings is 1. The lowest BCUT2D eigenvalue weighted by molar-refractivity contribution is 0.101. The molecule has 94 valence electrons. The molecule has 0 heterocycles. The second-order valence-electron chi connectivity index (χ2n) is 4.98. The monoisotopic (exact) mass is 299 g/mol. The van der Waals surface area contributed by atoms with Crippen LogP contribution in [0, 0.1) is 0 Å². The summed E-state index contributed by atoms with van der Waals surface area (Å²) in [4.78, 5) is 12.6. The van der Waals surface area contributed by atoms with Crippen molar-refractivity contribution in [2.24, 2.45) is 0 Å². The summed E-state index contributed by atoms with van der Waals surface area (Å²) in [7, 11) is 0. The van der Waals surface area contributed by atoms with E-state index in [1.807, 2.05) is 45.0 Å². The molecule has 0 radical (unpaired) electrons. The Balaban J connectivity index is 2.68. The van der Waals surface area contributed by atoms with Crippen LogP contribution in [0.2, 0.25) is 0 Å². The number of rotatable bonds is 3. The van der Waals surface area contributed by atoms with Gasteiger partial charge in [0, 0.05) is 16.6 Å². The minimum absolute atomic E-state index is 0.363. The van der Waals surface area contributed by atoms with Gasteiger partial charge in [-0.25, -0.2) is 4.79 Å². The van der Waals surface area contributed by atoms with Crippen LogP contribution in [0.1, 0.15) is 26.3 Å². The fourth-order valence-electron chi connectivity index (χ4n) is 1.65. The van der Waals surface area contributed by atoms with Crippen LogP contribution in [0.4, 0.5) is 4.79 Å². The maximum atomic E-state index is 11.2. The summed E-state index contributed by atoms with van der Waals surface area (Å²) in [6.45, 7) is 6.22. The molecule has 0 spiro atoms. The van der Waals surface area contributed by atoms with E-state index in [2.05, 4.69) is 15.9 Å². The van der Waals surface area contributed by atoms with Crippen molar-refractivity contribution in [3.8, 4) is 0 Å². The van der Waals surface area contributed by atoms with Gasteiger partial charge in [-0.15, -0.1) is 0 Å². The summed E-state index contributed by atoms with van der Waals surface area (Å²) in [6.07, 6.45) is -0.143. The Morgan fingerprint density at radius 2 is 2.06 bits per heavy atom. The minimum Gasteiger partial charge on any atom is -0.465 e. The van der Waals surface area contributed by atoms with E-state index in [0.717, 1.165) is 16.5 Å². The maximum Gasteiger partial charge on any atom is 0.407 e. The highest BCUT2D eigenvalue weighted by Crippen LogP contribution is 2.16. The minimum atomic E-state index is -0.868. The van der Waals surface area contributed by atoms with Gasteiger partial charge in [0.2, 0.25) is 0 Å². The van der Waals surface area contributed by atoms with E-state index in [1.165, 1.54) is 4.90 Å². The molecule has 0 aromatic heterocycles. The van der Waals surface area contributed by atoms with Gasteiger partial charge in [0.25, 0.3) is 0 Å². The summed E-state index contributed by atoms with van der Waals surface area (Å²) in [5.41, 5.74) is 0.771. The van der Waals surface area contributed by atoms with E-state index in [-0.39, 0.29) is 5.54 Å². The second-order valence-corrected chi connectivity index (χ2v) is 5.90. The van der Waals surface area contributed by atoms with E-state index in [9.17, 15) is 4.79 Å². The molecule has 1 N–H and O–H groups in total. The molecule has 0 saturated carbocycles. The van der Waals surface area contributed by atoms with Crippen molar-refractivity contribution < 1.29 is 9.90 Å². The van der Waals surface area contributed by atoms with Crippen LogP contribution < -0.4 is 0 Å². The van der Waals surface area contributed by atoms with Gasteiger partial charge < -0.3 is 10.0 Å². The third kappa shape index (κ3) is 4.38. The Kier molecular flexibility index (Phi) is 4.57. The molecule has 0 saturated heterocycles. The van der Waals surface area contributed by atoms with Gasteiger partial charge >= 0.3 is 6.09 Å². The van der Waals surface area contributed by atoms with Crippen LogP contribution in [0.5, 0.6) is 0 Å². The summed E-state index contributed by atoms with van der Waals surface area (Å²) < 4.78 is 1.02. The van der Waals surface area contributed by atoms with Crippen LogP contribution in [0.3, 0.4) is 0 Å². The molecule has 0 aliphatic rings. The first-order chi connectivity index (χ1) is 7.80. The molecule has 0 unspecified atom stereocenters. The Bertz CT molecular complexity index is 399. The van der Waals surface area contributed by atoms with E-state index in [0.29, 0.717) is 6.54 Å². The Labute approximate surface area is 111 Å². The highest BCUT2D eigenvalue weighted by atomic mass is 79.9. The largest absolute Gasteiger partial charge is 0.465 e. The predicted octanol–water partition coefficient (Wildman–Crippen LogP) is 3.77. The smallest absolute Gasteiger partial charge is 0.407 e. The van der Waals surface area contributed by atoms with Crippen LogP contribution in [0.15, 0.2) is 28.7 Å². The number of amides is 1. The zero-order chi connectivity index (χ0) is 13.1. The zero-order valence-electron chi connectivity index (χ0n) is 10.4. The molecule has 0 bridgehead atoms. The molecule has 1 rings (SSSR count). The fraction of sp³-hybridized carbons (Fsp3) is 0.462. The van der Waals surface area contributed by atoms with Crippen molar-refractivity contribution in [1.82, 2.24) is 4.90 Å². The molecule has 1 amide bonds. The SMILES string of the molecule is CC(C)(C)N(CCc1cccc(Br)c1)C(=O)O. The summed E-state index contributed by atoms with van der Waals surface area (Å²) in [6, 6.07) is 7.94. The number of hydrogen-bond acceptors (Lipinski definition) is 1. The molecule has 0 fully saturated rings. The van der Waals surface area contributed by atoms with Gasteiger partial charge in [0.1, 0.15) is 0 Å². The molecular formula is C13H18BrNO2. The summed E-state index contributed by atoms with van der Waals surface area (Å²) in [5, 5.41) is 9.16. The maximum absolute atomic E-state index is 11.2. The van der Waals surface area contributed by atoms with Gasteiger partial charge in [0.05, 0.1) is 0 Å². The topological polar surface area (TPSA) is 40.5 Å². The van der Waals surface area contributed by atoms with Gasteiger partial charge in [-0.05, 0) is 44.9 Å². The summed E-state index contributed by atoms with van der Waals surface area (Å²) in [5.74, 6) is 0. The standard InChI is InChI=1S/C13H18BrNO2/c1-13(2,3)15(12(16)17)8-7-10-5-4-6-11(14)9-10/h4-6,9H,7-8H2,1-3H3,(H,16,17). The van der Waals surface area contributed by atoms with E-state index < -0.39 is 6.09 Å². The van der Waals surface area contributed by atoms with Gasteiger partial charge in [0.15, 0.2) is 0 Å². The molecule has 3 nitrogen and oxygen atoms in total. The number of carboxylic acid groups (broad SMARTS) is 1. The lowest BCUT2D eigenvalue weighted by Crippen LogP contribution is -2.45. The molecule has 4 heteroatoms. The van der Waals surface area contributed by atoms with Gasteiger partial charge in [-0.3, -0.25) is 0 Å². The number of carbonyl (C=O) groups is 1. The Morgan fingerprint density at radius 1 is 1.41 bits per heavy atom. The molecular weight excluding hydrogens is 282 g/mol. The second kappa shape index (κ2) is 5.54. The Morgan fingerprint density at radius 3 is 2.53 bits per heavy atom. The Hall–Kier alpha value is -1.03. The van der Waals surface area contributed by atoms with Crippen LogP contribution in [-0.2, 0) is 6.42 Å². The quantitative estimate of drug-likeness (QED) is 0.923. The van der Waals surface area contributed by atoms with E-state index >= 15 is 0 Å². The fourth-order valence-corrected chi connectivity index (χ4v) is 2.10. The first-order valence-corrected chi connectivity index (χ1v) is 6.35. The van der Waals surface area contributed by atoms with Gasteiger partial charge in [-0.1, -0.05) is 28.1 Å². The first kappa shape index (κ1) is 14.0. The third-order valence-corrected chi connectivity index (χ3v) is 3.05. The third-order valence-electron chi connectivity index (χ3n) is 2.55. The summed E-state index contributed by atoms with van der Waals surface area (Å²) >= 11 is 3.41. The number of halogens is 1. The normalized spacial score (nSPS) is 11.3. The molecule has 17 heavy (non-hydrogen) atoms. The highest BCUT2D eigenvalue weighted by Gasteiger charge is 2.25. The van der Waals surface area contributed by atoms with E-state index in [1.54, 1.807) is 0 Å². The van der Waals surface area contributed by atoms with Crippen molar-refractivity contribution in [1.29, 1.82) is 0 Å². The average molecular weight is 300 g/mol. The van der Waals surface area contributed by atoms with Crippen molar-refractivity contribution in [3.63, 3.8) is 0 Å². The molecule has 0 aliphatic carbocycles.